The van der Waals surface area contributed by atoms with Gasteiger partial charge in [-0.2, -0.15) is 0 Å². The Bertz CT molecular complexity index is 582. The van der Waals surface area contributed by atoms with Crippen molar-refractivity contribution in [3.8, 4) is 0 Å². The zero-order chi connectivity index (χ0) is 16.2. The van der Waals surface area contributed by atoms with Gasteiger partial charge in [-0.25, -0.2) is 4.79 Å². The van der Waals surface area contributed by atoms with Crippen molar-refractivity contribution in [3.63, 3.8) is 0 Å². The van der Waals surface area contributed by atoms with E-state index in [-0.39, 0.29) is 12.4 Å². The number of carbonyl (C=O) groups excluding carboxylic acids is 1. The summed E-state index contributed by atoms with van der Waals surface area (Å²) in [6, 6.07) is 9.51. The summed E-state index contributed by atoms with van der Waals surface area (Å²) in [6.45, 7) is 2.70. The van der Waals surface area contributed by atoms with E-state index in [1.54, 1.807) is 0 Å². The van der Waals surface area contributed by atoms with Crippen molar-refractivity contribution in [2.24, 2.45) is 0 Å². The number of benzene rings is 1. The van der Waals surface area contributed by atoms with Gasteiger partial charge >= 0.3 is 5.97 Å². The quantitative estimate of drug-likeness (QED) is 0.641. The molecule has 1 aromatic carbocycles. The first-order chi connectivity index (χ1) is 11.2. The van der Waals surface area contributed by atoms with E-state index in [1.165, 1.54) is 0 Å². The molecule has 1 fully saturated rings. The van der Waals surface area contributed by atoms with Gasteiger partial charge in [-0.1, -0.05) is 43.7 Å². The van der Waals surface area contributed by atoms with E-state index >= 15 is 0 Å². The number of hydrogen-bond acceptors (Lipinski definition) is 6. The Hall–Kier alpha value is -2.05. The molecule has 2 heterocycles. The Morgan fingerprint density at radius 1 is 1.30 bits per heavy atom. The average molecular weight is 320 g/mol. The number of rotatable bonds is 6. The third kappa shape index (κ3) is 3.33. The topological polar surface area (TPSA) is 74.2 Å². The standard InChI is InChI=1S/C17H20O6/c1-2-3-9-20-15-13(18)16(19)23-14(15)12-10-21-17(22-12)11-7-5-4-6-8-11/h4-8,12,14,17-18H,2-3,9-10H2,1H3/t12-,14+,17?/m0/s1. The second kappa shape index (κ2) is 7.02. The highest BCUT2D eigenvalue weighted by Crippen LogP contribution is 2.34. The van der Waals surface area contributed by atoms with Crippen LogP contribution >= 0.6 is 0 Å². The first-order valence-corrected chi connectivity index (χ1v) is 7.79. The van der Waals surface area contributed by atoms with Crippen LogP contribution in [-0.2, 0) is 23.7 Å². The predicted octanol–water partition coefficient (Wildman–Crippen LogP) is 2.61. The lowest BCUT2D eigenvalue weighted by Crippen LogP contribution is -2.31. The molecule has 0 aliphatic carbocycles. The Balaban J connectivity index is 1.68. The Morgan fingerprint density at radius 2 is 2.09 bits per heavy atom. The number of aliphatic hydroxyl groups excluding tert-OH is 1. The van der Waals surface area contributed by atoms with Crippen molar-refractivity contribution in [2.45, 2.75) is 38.3 Å². The maximum atomic E-state index is 11.6. The van der Waals surface area contributed by atoms with E-state index in [4.69, 9.17) is 18.9 Å². The molecule has 0 bridgehead atoms. The minimum Gasteiger partial charge on any atom is -0.499 e. The molecule has 0 amide bonds. The summed E-state index contributed by atoms with van der Waals surface area (Å²) < 4.78 is 22.2. The van der Waals surface area contributed by atoms with Gasteiger partial charge in [0, 0.05) is 5.56 Å². The molecular weight excluding hydrogens is 300 g/mol. The maximum Gasteiger partial charge on any atom is 0.378 e. The molecule has 0 saturated carbocycles. The highest BCUT2D eigenvalue weighted by Gasteiger charge is 2.45. The predicted molar refractivity (Wildman–Crippen MR) is 80.4 cm³/mol. The van der Waals surface area contributed by atoms with E-state index in [0.717, 1.165) is 18.4 Å². The SMILES string of the molecule is CCCCOC1=C(O)C(=O)O[C@@H]1[C@@H]1COC(c2ccccc2)O1. The van der Waals surface area contributed by atoms with Crippen molar-refractivity contribution in [2.75, 3.05) is 13.2 Å². The van der Waals surface area contributed by atoms with Gasteiger partial charge < -0.3 is 24.1 Å². The van der Waals surface area contributed by atoms with Crippen molar-refractivity contribution < 1.29 is 28.8 Å². The normalized spacial score (nSPS) is 27.3. The molecule has 0 radical (unpaired) electrons. The molecular formula is C17H20O6. The van der Waals surface area contributed by atoms with Gasteiger partial charge in [0.2, 0.25) is 5.76 Å². The number of carbonyl (C=O) groups is 1. The van der Waals surface area contributed by atoms with Crippen LogP contribution in [0.25, 0.3) is 0 Å². The van der Waals surface area contributed by atoms with Crippen LogP contribution in [0.5, 0.6) is 0 Å². The first-order valence-electron chi connectivity index (χ1n) is 7.79. The van der Waals surface area contributed by atoms with Gasteiger partial charge in [0.15, 0.2) is 18.2 Å². The zero-order valence-electron chi connectivity index (χ0n) is 12.9. The second-order valence-corrected chi connectivity index (χ2v) is 5.49. The molecule has 1 N–H and O–H groups in total. The van der Waals surface area contributed by atoms with Crippen molar-refractivity contribution >= 4 is 5.97 Å². The summed E-state index contributed by atoms with van der Waals surface area (Å²) >= 11 is 0. The summed E-state index contributed by atoms with van der Waals surface area (Å²) in [6.07, 6.45) is -0.0167. The highest BCUT2D eigenvalue weighted by atomic mass is 16.7. The fourth-order valence-electron chi connectivity index (χ4n) is 2.54. The van der Waals surface area contributed by atoms with Crippen molar-refractivity contribution in [3.05, 3.63) is 47.4 Å². The lowest BCUT2D eigenvalue weighted by molar-refractivity contribution is -0.149. The zero-order valence-corrected chi connectivity index (χ0v) is 12.9. The van der Waals surface area contributed by atoms with Crippen LogP contribution in [0.3, 0.4) is 0 Å². The highest BCUT2D eigenvalue weighted by molar-refractivity contribution is 5.89. The lowest BCUT2D eigenvalue weighted by Gasteiger charge is -2.19. The Morgan fingerprint density at radius 3 is 2.83 bits per heavy atom. The number of ether oxygens (including phenoxy) is 4. The van der Waals surface area contributed by atoms with E-state index in [2.05, 4.69) is 0 Å². The molecule has 1 aromatic rings. The fraction of sp³-hybridized carbons (Fsp3) is 0.471. The fourth-order valence-corrected chi connectivity index (χ4v) is 2.54. The molecule has 0 spiro atoms. The van der Waals surface area contributed by atoms with Crippen LogP contribution in [0.2, 0.25) is 0 Å². The van der Waals surface area contributed by atoms with Gasteiger partial charge in [0.05, 0.1) is 13.2 Å². The van der Waals surface area contributed by atoms with Gasteiger partial charge in [-0.3, -0.25) is 0 Å². The molecule has 124 valence electrons. The molecule has 23 heavy (non-hydrogen) atoms. The molecule has 1 unspecified atom stereocenters. The number of hydrogen-bond donors (Lipinski definition) is 1. The van der Waals surface area contributed by atoms with E-state index in [9.17, 15) is 9.90 Å². The molecule has 1 saturated heterocycles. The van der Waals surface area contributed by atoms with Gasteiger partial charge in [-0.15, -0.1) is 0 Å². The molecule has 2 aliphatic heterocycles. The minimum atomic E-state index is -0.784. The summed E-state index contributed by atoms with van der Waals surface area (Å²) in [5, 5.41) is 9.85. The van der Waals surface area contributed by atoms with Crippen LogP contribution in [0.4, 0.5) is 0 Å². The molecule has 3 rings (SSSR count). The summed E-state index contributed by atoms with van der Waals surface area (Å²) in [7, 11) is 0. The molecule has 3 atom stereocenters. The molecule has 6 heteroatoms. The molecule has 0 aromatic heterocycles. The first kappa shape index (κ1) is 15.8. The second-order valence-electron chi connectivity index (χ2n) is 5.49. The number of esters is 1. The Labute approximate surface area is 134 Å². The smallest absolute Gasteiger partial charge is 0.378 e. The van der Waals surface area contributed by atoms with Crippen LogP contribution in [-0.4, -0.2) is 36.5 Å². The van der Waals surface area contributed by atoms with Gasteiger partial charge in [-0.05, 0) is 6.42 Å². The average Bonchev–Trinajstić information content (AvgIpc) is 3.16. The van der Waals surface area contributed by atoms with E-state index < -0.39 is 30.2 Å². The third-order valence-corrected chi connectivity index (χ3v) is 3.79. The molecule has 2 aliphatic rings. The Kier molecular flexibility index (Phi) is 4.83. The van der Waals surface area contributed by atoms with Gasteiger partial charge in [0.1, 0.15) is 6.10 Å². The lowest BCUT2D eigenvalue weighted by atomic mass is 10.2. The third-order valence-electron chi connectivity index (χ3n) is 3.79. The maximum absolute atomic E-state index is 11.6. The number of cyclic esters (lactones) is 1. The molecule has 6 nitrogen and oxygen atoms in total. The largest absolute Gasteiger partial charge is 0.499 e. The van der Waals surface area contributed by atoms with Crippen LogP contribution in [0.15, 0.2) is 41.9 Å². The van der Waals surface area contributed by atoms with Crippen molar-refractivity contribution in [1.82, 2.24) is 0 Å². The summed E-state index contributed by atoms with van der Waals surface area (Å²) in [5.74, 6) is -1.11. The van der Waals surface area contributed by atoms with Crippen LogP contribution < -0.4 is 0 Å². The number of aliphatic hydroxyl groups is 1. The van der Waals surface area contributed by atoms with E-state index in [1.807, 2.05) is 37.3 Å². The summed E-state index contributed by atoms with van der Waals surface area (Å²) in [5.41, 5.74) is 0.890. The van der Waals surface area contributed by atoms with E-state index in [0.29, 0.717) is 6.61 Å². The van der Waals surface area contributed by atoms with Gasteiger partial charge in [0.25, 0.3) is 0 Å². The summed E-state index contributed by atoms with van der Waals surface area (Å²) in [4.78, 5) is 11.6. The number of unbranched alkanes of at least 4 members (excludes halogenated alkanes) is 1. The minimum absolute atomic E-state index is 0.144. The van der Waals surface area contributed by atoms with Crippen LogP contribution in [0.1, 0.15) is 31.6 Å². The van der Waals surface area contributed by atoms with Crippen molar-refractivity contribution in [1.29, 1.82) is 0 Å². The monoisotopic (exact) mass is 320 g/mol. The van der Waals surface area contributed by atoms with Crippen LogP contribution in [0, 0.1) is 0 Å².